The van der Waals surface area contributed by atoms with E-state index in [1.807, 2.05) is 0 Å². The zero-order chi connectivity index (χ0) is 19.2. The first-order valence-electron chi connectivity index (χ1n) is 8.50. The number of nitro groups is 1. The van der Waals surface area contributed by atoms with Crippen LogP contribution in [0.4, 0.5) is 17.1 Å². The summed E-state index contributed by atoms with van der Waals surface area (Å²) < 4.78 is 11.9. The van der Waals surface area contributed by atoms with Crippen molar-refractivity contribution in [2.24, 2.45) is 0 Å². The molecule has 1 N–H and O–H groups in total. The highest BCUT2D eigenvalue weighted by Gasteiger charge is 2.18. The minimum Gasteiger partial charge on any atom is -0.466 e. The first-order valence-corrected chi connectivity index (χ1v) is 8.50. The fourth-order valence-electron chi connectivity index (χ4n) is 2.82. The van der Waals surface area contributed by atoms with Gasteiger partial charge in [0.15, 0.2) is 0 Å². The Bertz CT molecular complexity index is 855. The van der Waals surface area contributed by atoms with Gasteiger partial charge in [-0.05, 0) is 30.5 Å². The Labute approximate surface area is 155 Å². The van der Waals surface area contributed by atoms with Gasteiger partial charge in [-0.1, -0.05) is 6.07 Å². The Morgan fingerprint density at radius 1 is 1.56 bits per heavy atom. The number of esters is 1. The summed E-state index contributed by atoms with van der Waals surface area (Å²) in [6.45, 7) is 1.43. The minimum atomic E-state index is -0.529. The molecule has 1 aromatic carbocycles. The Balaban J connectivity index is 1.74. The predicted octanol–water partition coefficient (Wildman–Crippen LogP) is 2.90. The molecule has 0 bridgehead atoms. The summed E-state index contributed by atoms with van der Waals surface area (Å²) in [5.41, 5.74) is 1.40. The topological polar surface area (TPSA) is 109 Å². The highest BCUT2D eigenvalue weighted by Crippen LogP contribution is 2.29. The Kier molecular flexibility index (Phi) is 5.82. The van der Waals surface area contributed by atoms with Gasteiger partial charge in [-0.25, -0.2) is 4.79 Å². The van der Waals surface area contributed by atoms with Gasteiger partial charge >= 0.3 is 5.97 Å². The summed E-state index contributed by atoms with van der Waals surface area (Å²) in [5, 5.41) is 18.7. The molecule has 3 rings (SSSR count). The second-order valence-corrected chi connectivity index (χ2v) is 6.10. The van der Waals surface area contributed by atoms with Gasteiger partial charge in [-0.2, -0.15) is 5.10 Å². The number of aromatic nitrogens is 2. The Morgan fingerprint density at radius 2 is 2.41 bits per heavy atom. The van der Waals surface area contributed by atoms with Crippen molar-refractivity contribution in [2.45, 2.75) is 25.5 Å². The summed E-state index contributed by atoms with van der Waals surface area (Å²) >= 11 is 0. The quantitative estimate of drug-likeness (QED) is 0.344. The lowest BCUT2D eigenvalue weighted by molar-refractivity contribution is -0.383. The van der Waals surface area contributed by atoms with Crippen LogP contribution < -0.4 is 5.32 Å². The van der Waals surface area contributed by atoms with E-state index in [1.165, 1.54) is 25.3 Å². The van der Waals surface area contributed by atoms with Crippen LogP contribution in [-0.2, 0) is 20.8 Å². The number of benzene rings is 1. The molecule has 1 unspecified atom stereocenters. The number of anilines is 2. The maximum absolute atomic E-state index is 11.4. The summed E-state index contributed by atoms with van der Waals surface area (Å²) in [6.07, 6.45) is 8.30. The van der Waals surface area contributed by atoms with E-state index >= 15 is 0 Å². The molecule has 9 heteroatoms. The third kappa shape index (κ3) is 4.91. The molecular formula is C18H20N4O5. The van der Waals surface area contributed by atoms with Crippen LogP contribution in [0.2, 0.25) is 0 Å². The van der Waals surface area contributed by atoms with Gasteiger partial charge in [0.2, 0.25) is 0 Å². The SMILES string of the molecule is COC(=O)/C=C/c1ccc(Nc2cnn(CC3CCCO3)c2)c([N+](=O)[O-])c1. The number of carbonyl (C=O) groups excluding carboxylic acids is 1. The minimum absolute atomic E-state index is 0.103. The summed E-state index contributed by atoms with van der Waals surface area (Å²) in [6, 6.07) is 4.65. The molecular weight excluding hydrogens is 352 g/mol. The summed E-state index contributed by atoms with van der Waals surface area (Å²) in [4.78, 5) is 22.1. The molecule has 1 aliphatic heterocycles. The molecule has 1 atom stereocenters. The number of ether oxygens (including phenoxy) is 2. The van der Waals surface area contributed by atoms with E-state index in [4.69, 9.17) is 4.74 Å². The maximum Gasteiger partial charge on any atom is 0.330 e. The van der Waals surface area contributed by atoms with Crippen molar-refractivity contribution in [1.29, 1.82) is 0 Å². The third-order valence-corrected chi connectivity index (χ3v) is 4.16. The zero-order valence-corrected chi connectivity index (χ0v) is 14.8. The molecule has 0 saturated carbocycles. The largest absolute Gasteiger partial charge is 0.466 e. The van der Waals surface area contributed by atoms with Crippen LogP contribution in [0.1, 0.15) is 18.4 Å². The average Bonchev–Trinajstić information content (AvgIpc) is 3.33. The van der Waals surface area contributed by atoms with E-state index < -0.39 is 10.9 Å². The molecule has 27 heavy (non-hydrogen) atoms. The predicted molar refractivity (Wildman–Crippen MR) is 98.6 cm³/mol. The number of rotatable bonds is 7. The van der Waals surface area contributed by atoms with Crippen LogP contribution in [0.5, 0.6) is 0 Å². The van der Waals surface area contributed by atoms with Gasteiger partial charge in [-0.15, -0.1) is 0 Å². The highest BCUT2D eigenvalue weighted by atomic mass is 16.6. The molecule has 0 amide bonds. The van der Waals surface area contributed by atoms with Gasteiger partial charge in [-0.3, -0.25) is 14.8 Å². The lowest BCUT2D eigenvalue weighted by Crippen LogP contribution is -2.15. The van der Waals surface area contributed by atoms with Crippen molar-refractivity contribution in [3.8, 4) is 0 Å². The van der Waals surface area contributed by atoms with E-state index in [0.717, 1.165) is 19.4 Å². The van der Waals surface area contributed by atoms with E-state index in [9.17, 15) is 14.9 Å². The van der Waals surface area contributed by atoms with Crippen molar-refractivity contribution in [3.63, 3.8) is 0 Å². The van der Waals surface area contributed by atoms with Gasteiger partial charge in [0.25, 0.3) is 5.69 Å². The first-order chi connectivity index (χ1) is 13.0. The second-order valence-electron chi connectivity index (χ2n) is 6.10. The third-order valence-electron chi connectivity index (χ3n) is 4.16. The van der Waals surface area contributed by atoms with Crippen LogP contribution in [0.15, 0.2) is 36.7 Å². The molecule has 2 heterocycles. The fourth-order valence-corrected chi connectivity index (χ4v) is 2.82. The normalized spacial score (nSPS) is 16.6. The van der Waals surface area contributed by atoms with Crippen LogP contribution in [-0.4, -0.2) is 40.5 Å². The molecule has 142 valence electrons. The molecule has 2 aromatic rings. The number of hydrogen-bond acceptors (Lipinski definition) is 7. The van der Waals surface area contributed by atoms with Crippen molar-refractivity contribution in [3.05, 3.63) is 52.3 Å². The van der Waals surface area contributed by atoms with Crippen molar-refractivity contribution in [2.75, 3.05) is 19.0 Å². The summed E-state index contributed by atoms with van der Waals surface area (Å²) in [7, 11) is 1.27. The number of methoxy groups -OCH3 is 1. The van der Waals surface area contributed by atoms with Crippen molar-refractivity contribution >= 4 is 29.1 Å². The summed E-state index contributed by atoms with van der Waals surface area (Å²) in [5.74, 6) is -0.529. The zero-order valence-electron chi connectivity index (χ0n) is 14.8. The van der Waals surface area contributed by atoms with E-state index in [-0.39, 0.29) is 11.8 Å². The Morgan fingerprint density at radius 3 is 3.11 bits per heavy atom. The smallest absolute Gasteiger partial charge is 0.330 e. The van der Waals surface area contributed by atoms with Crippen LogP contribution in [0.3, 0.4) is 0 Å². The number of nitro benzene ring substituents is 1. The molecule has 1 aliphatic rings. The molecule has 0 radical (unpaired) electrons. The van der Waals surface area contributed by atoms with Crippen LogP contribution in [0.25, 0.3) is 6.08 Å². The van der Waals surface area contributed by atoms with E-state index in [2.05, 4.69) is 15.2 Å². The molecule has 1 aromatic heterocycles. The second kappa shape index (κ2) is 8.45. The Hall–Kier alpha value is -3.20. The van der Waals surface area contributed by atoms with Crippen LogP contribution >= 0.6 is 0 Å². The number of nitrogens with one attached hydrogen (secondary N) is 1. The first kappa shape index (κ1) is 18.6. The monoisotopic (exact) mass is 372 g/mol. The fraction of sp³-hybridized carbons (Fsp3) is 0.333. The standard InChI is InChI=1S/C18H20N4O5/c1-26-18(23)7-5-13-4-6-16(17(9-13)22(24)25)20-14-10-19-21(11-14)12-15-3-2-8-27-15/h4-7,9-11,15,20H,2-3,8,12H2,1H3/b7-5+. The average molecular weight is 372 g/mol. The molecule has 0 aliphatic carbocycles. The molecule has 1 fully saturated rings. The van der Waals surface area contributed by atoms with Crippen molar-refractivity contribution in [1.82, 2.24) is 9.78 Å². The lowest BCUT2D eigenvalue weighted by atomic mass is 10.1. The molecule has 9 nitrogen and oxygen atoms in total. The van der Waals surface area contributed by atoms with E-state index in [1.54, 1.807) is 29.2 Å². The highest BCUT2D eigenvalue weighted by molar-refractivity contribution is 5.87. The maximum atomic E-state index is 11.4. The van der Waals surface area contributed by atoms with Gasteiger partial charge in [0.1, 0.15) is 5.69 Å². The molecule has 0 spiro atoms. The number of nitrogens with zero attached hydrogens (tertiary/aromatic N) is 3. The van der Waals surface area contributed by atoms with E-state index in [0.29, 0.717) is 23.5 Å². The van der Waals surface area contributed by atoms with Gasteiger partial charge in [0.05, 0.1) is 36.6 Å². The number of carbonyl (C=O) groups is 1. The van der Waals surface area contributed by atoms with Crippen LogP contribution in [0, 0.1) is 10.1 Å². The van der Waals surface area contributed by atoms with Crippen molar-refractivity contribution < 1.29 is 19.2 Å². The number of hydrogen-bond donors (Lipinski definition) is 1. The lowest BCUT2D eigenvalue weighted by Gasteiger charge is -2.08. The molecule has 1 saturated heterocycles. The van der Waals surface area contributed by atoms with Gasteiger partial charge in [0, 0.05) is 24.9 Å². The van der Waals surface area contributed by atoms with Gasteiger partial charge < -0.3 is 14.8 Å².